The van der Waals surface area contributed by atoms with E-state index in [1.54, 1.807) is 0 Å². The lowest BCUT2D eigenvalue weighted by Crippen LogP contribution is -2.52. The number of hydrogen-bond acceptors (Lipinski definition) is 5. The largest absolute Gasteiger partial charge is 0.461 e. The second-order valence-corrected chi connectivity index (χ2v) is 7.49. The molecule has 0 bridgehead atoms. The Labute approximate surface area is 137 Å². The SMILES string of the molecule is O=C([C@H]1CCCO1)N1CCN(C[C@@H]2CC3(CCC3)C(=O)O2)CC1. The average molecular weight is 322 g/mol. The molecule has 1 spiro atoms. The Morgan fingerprint density at radius 3 is 2.52 bits per heavy atom. The Morgan fingerprint density at radius 1 is 1.17 bits per heavy atom. The third kappa shape index (κ3) is 2.87. The molecule has 0 radical (unpaired) electrons. The first kappa shape index (κ1) is 15.4. The van der Waals surface area contributed by atoms with Crippen molar-refractivity contribution in [3.05, 3.63) is 0 Å². The van der Waals surface area contributed by atoms with E-state index in [0.29, 0.717) is 6.61 Å². The minimum absolute atomic E-state index is 0.0287. The highest BCUT2D eigenvalue weighted by atomic mass is 16.6. The molecule has 1 aliphatic carbocycles. The Hall–Kier alpha value is -1.14. The first-order valence-corrected chi connectivity index (χ1v) is 9.00. The zero-order chi connectivity index (χ0) is 15.9. The molecule has 23 heavy (non-hydrogen) atoms. The summed E-state index contributed by atoms with van der Waals surface area (Å²) in [4.78, 5) is 28.6. The van der Waals surface area contributed by atoms with Gasteiger partial charge in [-0.25, -0.2) is 0 Å². The van der Waals surface area contributed by atoms with E-state index in [9.17, 15) is 9.59 Å². The van der Waals surface area contributed by atoms with Gasteiger partial charge < -0.3 is 14.4 Å². The van der Waals surface area contributed by atoms with E-state index < -0.39 is 0 Å². The summed E-state index contributed by atoms with van der Waals surface area (Å²) in [6.45, 7) is 4.76. The van der Waals surface area contributed by atoms with Crippen molar-refractivity contribution >= 4 is 11.9 Å². The van der Waals surface area contributed by atoms with E-state index >= 15 is 0 Å². The third-order valence-corrected chi connectivity index (χ3v) is 5.99. The molecule has 2 atom stereocenters. The Bertz CT molecular complexity index is 477. The van der Waals surface area contributed by atoms with Gasteiger partial charge in [0.05, 0.1) is 5.41 Å². The molecule has 4 rings (SSSR count). The van der Waals surface area contributed by atoms with Crippen molar-refractivity contribution in [3.8, 4) is 0 Å². The molecule has 3 heterocycles. The number of nitrogens with zero attached hydrogens (tertiary/aromatic N) is 2. The van der Waals surface area contributed by atoms with Crippen molar-refractivity contribution in [1.82, 2.24) is 9.80 Å². The van der Waals surface area contributed by atoms with Crippen LogP contribution in [0.25, 0.3) is 0 Å². The molecule has 0 aromatic heterocycles. The molecule has 0 unspecified atom stereocenters. The van der Waals surface area contributed by atoms with Gasteiger partial charge in [0.15, 0.2) is 0 Å². The van der Waals surface area contributed by atoms with Gasteiger partial charge in [-0.2, -0.15) is 0 Å². The lowest BCUT2D eigenvalue weighted by atomic mass is 9.67. The monoisotopic (exact) mass is 322 g/mol. The first-order chi connectivity index (χ1) is 11.2. The highest BCUT2D eigenvalue weighted by molar-refractivity contribution is 5.81. The van der Waals surface area contributed by atoms with Crippen LogP contribution in [0.3, 0.4) is 0 Å². The van der Waals surface area contributed by atoms with Crippen molar-refractivity contribution in [1.29, 1.82) is 0 Å². The van der Waals surface area contributed by atoms with E-state index in [-0.39, 0.29) is 29.5 Å². The zero-order valence-corrected chi connectivity index (χ0v) is 13.7. The molecule has 0 N–H and O–H groups in total. The summed E-state index contributed by atoms with van der Waals surface area (Å²) in [7, 11) is 0. The standard InChI is InChI=1S/C17H26N2O4/c20-15(14-3-1-10-22-14)19-8-6-18(7-9-19)12-13-11-17(4-2-5-17)16(21)23-13/h13-14H,1-12H2/t13-,14+/m0/s1. The van der Waals surface area contributed by atoms with Gasteiger partial charge in [0, 0.05) is 45.8 Å². The predicted octanol–water partition coefficient (Wildman–Crippen LogP) is 0.795. The minimum atomic E-state index is -0.212. The number of cyclic esters (lactones) is 1. The molecule has 6 heteroatoms. The second kappa shape index (κ2) is 6.06. The maximum Gasteiger partial charge on any atom is 0.312 e. The molecule has 4 aliphatic rings. The van der Waals surface area contributed by atoms with Gasteiger partial charge in [-0.1, -0.05) is 6.42 Å². The van der Waals surface area contributed by atoms with E-state index in [1.165, 1.54) is 0 Å². The van der Waals surface area contributed by atoms with Crippen LogP contribution in [0.1, 0.15) is 38.5 Å². The summed E-state index contributed by atoms with van der Waals surface area (Å²) in [5.74, 6) is 0.184. The molecular formula is C17H26N2O4. The number of carbonyl (C=O) groups excluding carboxylic acids is 2. The van der Waals surface area contributed by atoms with Gasteiger partial charge in [0.1, 0.15) is 12.2 Å². The van der Waals surface area contributed by atoms with Crippen LogP contribution >= 0.6 is 0 Å². The molecule has 3 aliphatic heterocycles. The number of hydrogen-bond donors (Lipinski definition) is 0. The molecule has 0 aromatic rings. The van der Waals surface area contributed by atoms with Gasteiger partial charge in [-0.15, -0.1) is 0 Å². The van der Waals surface area contributed by atoms with Crippen molar-refractivity contribution in [2.45, 2.75) is 50.7 Å². The highest BCUT2D eigenvalue weighted by Crippen LogP contribution is 2.50. The van der Waals surface area contributed by atoms with Gasteiger partial charge >= 0.3 is 5.97 Å². The number of piperazine rings is 1. The number of rotatable bonds is 3. The van der Waals surface area contributed by atoms with E-state index in [1.807, 2.05) is 4.90 Å². The fraction of sp³-hybridized carbons (Fsp3) is 0.882. The lowest BCUT2D eigenvalue weighted by molar-refractivity contribution is -0.152. The molecule has 128 valence electrons. The maximum absolute atomic E-state index is 12.3. The highest BCUT2D eigenvalue weighted by Gasteiger charge is 2.53. The van der Waals surface area contributed by atoms with Crippen LogP contribution in [0.15, 0.2) is 0 Å². The van der Waals surface area contributed by atoms with Crippen LogP contribution in [-0.4, -0.2) is 73.2 Å². The quantitative estimate of drug-likeness (QED) is 0.719. The normalized spacial score (nSPS) is 33.7. The molecule has 4 fully saturated rings. The topological polar surface area (TPSA) is 59.1 Å². The summed E-state index contributed by atoms with van der Waals surface area (Å²) in [6.07, 6.45) is 5.74. The Morgan fingerprint density at radius 2 is 1.96 bits per heavy atom. The number of amides is 1. The molecule has 0 aromatic carbocycles. The zero-order valence-electron chi connectivity index (χ0n) is 13.7. The van der Waals surface area contributed by atoms with Crippen LogP contribution in [0, 0.1) is 5.41 Å². The van der Waals surface area contributed by atoms with Crippen LogP contribution in [0.4, 0.5) is 0 Å². The van der Waals surface area contributed by atoms with E-state index in [4.69, 9.17) is 9.47 Å². The minimum Gasteiger partial charge on any atom is -0.461 e. The number of ether oxygens (including phenoxy) is 2. The van der Waals surface area contributed by atoms with Gasteiger partial charge in [0.25, 0.3) is 5.91 Å². The van der Waals surface area contributed by atoms with Crippen molar-refractivity contribution in [2.75, 3.05) is 39.3 Å². The fourth-order valence-electron chi connectivity index (χ4n) is 4.37. The lowest BCUT2D eigenvalue weighted by Gasteiger charge is -2.37. The van der Waals surface area contributed by atoms with Crippen molar-refractivity contribution < 1.29 is 19.1 Å². The molecule has 1 saturated carbocycles. The van der Waals surface area contributed by atoms with Crippen LogP contribution in [0.2, 0.25) is 0 Å². The Balaban J connectivity index is 1.24. The first-order valence-electron chi connectivity index (χ1n) is 9.00. The molecule has 6 nitrogen and oxygen atoms in total. The fourth-order valence-corrected chi connectivity index (χ4v) is 4.37. The predicted molar refractivity (Wildman–Crippen MR) is 82.8 cm³/mol. The van der Waals surface area contributed by atoms with Crippen LogP contribution in [-0.2, 0) is 19.1 Å². The van der Waals surface area contributed by atoms with E-state index in [2.05, 4.69) is 4.90 Å². The summed E-state index contributed by atoms with van der Waals surface area (Å²) < 4.78 is 11.1. The molecule has 1 amide bonds. The van der Waals surface area contributed by atoms with Crippen LogP contribution in [0.5, 0.6) is 0 Å². The summed E-state index contributed by atoms with van der Waals surface area (Å²) >= 11 is 0. The summed E-state index contributed by atoms with van der Waals surface area (Å²) in [5, 5.41) is 0. The maximum atomic E-state index is 12.3. The summed E-state index contributed by atoms with van der Waals surface area (Å²) in [5.41, 5.74) is -0.137. The summed E-state index contributed by atoms with van der Waals surface area (Å²) in [6, 6.07) is 0. The molecule has 3 saturated heterocycles. The van der Waals surface area contributed by atoms with Gasteiger partial charge in [-0.3, -0.25) is 14.5 Å². The van der Waals surface area contributed by atoms with Gasteiger partial charge in [-0.05, 0) is 25.7 Å². The van der Waals surface area contributed by atoms with E-state index in [0.717, 1.165) is 71.2 Å². The van der Waals surface area contributed by atoms with Crippen molar-refractivity contribution in [2.24, 2.45) is 5.41 Å². The second-order valence-electron chi connectivity index (χ2n) is 7.49. The van der Waals surface area contributed by atoms with Crippen LogP contribution < -0.4 is 0 Å². The Kier molecular flexibility index (Phi) is 4.05. The number of esters is 1. The third-order valence-electron chi connectivity index (χ3n) is 5.99. The smallest absolute Gasteiger partial charge is 0.312 e. The number of carbonyl (C=O) groups is 2. The molecular weight excluding hydrogens is 296 g/mol. The van der Waals surface area contributed by atoms with Crippen molar-refractivity contribution in [3.63, 3.8) is 0 Å². The van der Waals surface area contributed by atoms with Gasteiger partial charge in [0.2, 0.25) is 0 Å². The average Bonchev–Trinajstić information content (AvgIpc) is 3.14.